The van der Waals surface area contributed by atoms with Crippen molar-refractivity contribution >= 4 is 22.9 Å². The molecule has 3 aromatic rings. The molecule has 0 unspecified atom stereocenters. The summed E-state index contributed by atoms with van der Waals surface area (Å²) in [5.74, 6) is 0. The van der Waals surface area contributed by atoms with Crippen molar-refractivity contribution in [3.63, 3.8) is 0 Å². The summed E-state index contributed by atoms with van der Waals surface area (Å²) < 4.78 is 2.02. The third-order valence-electron chi connectivity index (χ3n) is 3.37. The van der Waals surface area contributed by atoms with Gasteiger partial charge in [0.25, 0.3) is 0 Å². The molecule has 0 saturated carbocycles. The van der Waals surface area contributed by atoms with Gasteiger partial charge in [0, 0.05) is 36.1 Å². The number of aromatic nitrogens is 2. The molecule has 0 saturated heterocycles. The lowest BCUT2D eigenvalue weighted by molar-refractivity contribution is 0.112. The molecule has 20 heavy (non-hydrogen) atoms. The van der Waals surface area contributed by atoms with Crippen LogP contribution < -0.4 is 5.01 Å². The maximum absolute atomic E-state index is 11.2. The van der Waals surface area contributed by atoms with Gasteiger partial charge in [-0.15, -0.1) is 0 Å². The molecule has 0 bridgehead atoms. The quantitative estimate of drug-likeness (QED) is 0.680. The summed E-state index contributed by atoms with van der Waals surface area (Å²) in [6.07, 6.45) is 6.31. The van der Waals surface area contributed by atoms with Crippen LogP contribution in [-0.4, -0.2) is 22.5 Å². The van der Waals surface area contributed by atoms with E-state index in [2.05, 4.69) is 16.9 Å². The summed E-state index contributed by atoms with van der Waals surface area (Å²) in [4.78, 5) is 15.3. The average molecular weight is 265 g/mol. The van der Waals surface area contributed by atoms with Gasteiger partial charge >= 0.3 is 0 Å². The van der Waals surface area contributed by atoms with E-state index < -0.39 is 0 Å². The summed E-state index contributed by atoms with van der Waals surface area (Å²) >= 11 is 0. The molecule has 3 rings (SSSR count). The van der Waals surface area contributed by atoms with E-state index in [1.807, 2.05) is 47.3 Å². The highest BCUT2D eigenvalue weighted by Gasteiger charge is 2.12. The van der Waals surface area contributed by atoms with E-state index in [1.54, 1.807) is 12.4 Å². The van der Waals surface area contributed by atoms with Gasteiger partial charge in [-0.3, -0.25) is 19.5 Å². The SMILES string of the molecule is CCN(c1ccncc1)n1cc(C=O)c2ccccc21. The molecule has 0 aliphatic carbocycles. The number of aldehydes is 1. The Hall–Kier alpha value is -2.62. The lowest BCUT2D eigenvalue weighted by Crippen LogP contribution is -2.28. The zero-order chi connectivity index (χ0) is 13.9. The molecule has 4 heteroatoms. The van der Waals surface area contributed by atoms with Crippen LogP contribution >= 0.6 is 0 Å². The molecule has 0 radical (unpaired) electrons. The van der Waals surface area contributed by atoms with E-state index in [9.17, 15) is 4.79 Å². The molecule has 0 N–H and O–H groups in total. The topological polar surface area (TPSA) is 38.1 Å². The Labute approximate surface area is 117 Å². The molecule has 2 aromatic heterocycles. The molecule has 1 aromatic carbocycles. The van der Waals surface area contributed by atoms with Crippen molar-refractivity contribution in [3.8, 4) is 0 Å². The van der Waals surface area contributed by atoms with Crippen LogP contribution in [0.5, 0.6) is 0 Å². The van der Waals surface area contributed by atoms with Crippen molar-refractivity contribution in [1.29, 1.82) is 0 Å². The van der Waals surface area contributed by atoms with Gasteiger partial charge in [0.2, 0.25) is 0 Å². The highest BCUT2D eigenvalue weighted by molar-refractivity contribution is 5.97. The van der Waals surface area contributed by atoms with Crippen LogP contribution in [0.1, 0.15) is 17.3 Å². The van der Waals surface area contributed by atoms with Gasteiger partial charge in [-0.05, 0) is 25.1 Å². The van der Waals surface area contributed by atoms with Gasteiger partial charge in [-0.1, -0.05) is 18.2 Å². The second kappa shape index (κ2) is 5.17. The molecule has 100 valence electrons. The fourth-order valence-electron chi connectivity index (χ4n) is 2.46. The van der Waals surface area contributed by atoms with Crippen LogP contribution in [0.25, 0.3) is 10.9 Å². The van der Waals surface area contributed by atoms with Gasteiger partial charge in [0.15, 0.2) is 6.29 Å². The second-order valence-electron chi connectivity index (χ2n) is 4.49. The van der Waals surface area contributed by atoms with Gasteiger partial charge < -0.3 is 0 Å². The largest absolute Gasteiger partial charge is 0.298 e. The fourth-order valence-corrected chi connectivity index (χ4v) is 2.46. The normalized spacial score (nSPS) is 10.7. The van der Waals surface area contributed by atoms with Crippen molar-refractivity contribution in [3.05, 3.63) is 60.6 Å². The summed E-state index contributed by atoms with van der Waals surface area (Å²) in [6, 6.07) is 11.8. The first-order valence-electron chi connectivity index (χ1n) is 6.58. The summed E-state index contributed by atoms with van der Waals surface area (Å²) in [5.41, 5.74) is 2.77. The Morgan fingerprint density at radius 2 is 1.95 bits per heavy atom. The Bertz CT molecular complexity index is 734. The molecule has 4 nitrogen and oxygen atoms in total. The molecule has 0 fully saturated rings. The average Bonchev–Trinajstić information content (AvgIpc) is 2.88. The molecule has 0 amide bonds. The highest BCUT2D eigenvalue weighted by Crippen LogP contribution is 2.23. The Morgan fingerprint density at radius 3 is 2.65 bits per heavy atom. The van der Waals surface area contributed by atoms with Crippen LogP contribution in [0.3, 0.4) is 0 Å². The first-order valence-corrected chi connectivity index (χ1v) is 6.58. The number of hydrogen-bond donors (Lipinski definition) is 0. The summed E-state index contributed by atoms with van der Waals surface area (Å²) in [6.45, 7) is 2.87. The summed E-state index contributed by atoms with van der Waals surface area (Å²) in [5, 5.41) is 3.08. The Balaban J connectivity index is 2.20. The highest BCUT2D eigenvalue weighted by atomic mass is 16.1. The monoisotopic (exact) mass is 265 g/mol. The third-order valence-corrected chi connectivity index (χ3v) is 3.37. The molecule has 0 atom stereocenters. The predicted octanol–water partition coefficient (Wildman–Crippen LogP) is 3.14. The molecule has 0 spiro atoms. The van der Waals surface area contributed by atoms with Crippen molar-refractivity contribution in [1.82, 2.24) is 9.66 Å². The third kappa shape index (κ3) is 1.95. The minimum atomic E-state index is 0.702. The van der Waals surface area contributed by atoms with Crippen LogP contribution in [0.2, 0.25) is 0 Å². The number of benzene rings is 1. The second-order valence-corrected chi connectivity index (χ2v) is 4.49. The first kappa shape index (κ1) is 12.4. The minimum Gasteiger partial charge on any atom is -0.298 e. The maximum atomic E-state index is 11.2. The van der Waals surface area contributed by atoms with E-state index in [0.717, 1.165) is 29.4 Å². The lowest BCUT2D eigenvalue weighted by Gasteiger charge is -2.25. The fraction of sp³-hybridized carbons (Fsp3) is 0.125. The predicted molar refractivity (Wildman–Crippen MR) is 80.0 cm³/mol. The maximum Gasteiger partial charge on any atom is 0.152 e. The number of carbonyl (C=O) groups is 1. The van der Waals surface area contributed by atoms with Crippen LogP contribution in [0.15, 0.2) is 55.0 Å². The van der Waals surface area contributed by atoms with E-state index in [1.165, 1.54) is 0 Å². The molecular formula is C16H15N3O. The molecular weight excluding hydrogens is 250 g/mol. The van der Waals surface area contributed by atoms with E-state index in [4.69, 9.17) is 0 Å². The number of para-hydroxylation sites is 1. The number of nitrogens with zero attached hydrogens (tertiary/aromatic N) is 3. The van der Waals surface area contributed by atoms with Gasteiger partial charge in [-0.25, -0.2) is 0 Å². The number of pyridine rings is 1. The zero-order valence-electron chi connectivity index (χ0n) is 11.2. The number of hydrogen-bond acceptors (Lipinski definition) is 3. The van der Waals surface area contributed by atoms with Crippen LogP contribution in [0.4, 0.5) is 5.69 Å². The smallest absolute Gasteiger partial charge is 0.152 e. The molecule has 0 aliphatic heterocycles. The van der Waals surface area contributed by atoms with Crippen molar-refractivity contribution in [2.24, 2.45) is 0 Å². The number of rotatable bonds is 4. The number of fused-ring (bicyclic) bond motifs is 1. The van der Waals surface area contributed by atoms with E-state index >= 15 is 0 Å². The van der Waals surface area contributed by atoms with Gasteiger partial charge in [0.1, 0.15) is 0 Å². The van der Waals surface area contributed by atoms with Gasteiger partial charge in [-0.2, -0.15) is 0 Å². The first-order chi connectivity index (χ1) is 9.85. The molecule has 2 heterocycles. The van der Waals surface area contributed by atoms with Crippen molar-refractivity contribution in [2.75, 3.05) is 11.6 Å². The molecule has 0 aliphatic rings. The Kier molecular flexibility index (Phi) is 3.21. The zero-order valence-corrected chi connectivity index (χ0v) is 11.2. The van der Waals surface area contributed by atoms with Crippen LogP contribution in [0, 0.1) is 0 Å². The van der Waals surface area contributed by atoms with E-state index in [0.29, 0.717) is 5.56 Å². The number of carbonyl (C=O) groups excluding carboxylic acids is 1. The van der Waals surface area contributed by atoms with Gasteiger partial charge in [0.05, 0.1) is 11.2 Å². The van der Waals surface area contributed by atoms with Crippen LogP contribution in [-0.2, 0) is 0 Å². The lowest BCUT2D eigenvalue weighted by atomic mass is 10.2. The van der Waals surface area contributed by atoms with Crippen molar-refractivity contribution < 1.29 is 4.79 Å². The summed E-state index contributed by atoms with van der Waals surface area (Å²) in [7, 11) is 0. The van der Waals surface area contributed by atoms with Crippen molar-refractivity contribution in [2.45, 2.75) is 6.92 Å². The standard InChI is InChI=1S/C16H15N3O/c1-2-18(14-7-9-17-10-8-14)19-11-13(12-20)15-5-3-4-6-16(15)19/h3-12H,2H2,1H3. The Morgan fingerprint density at radius 1 is 1.20 bits per heavy atom. The minimum absolute atomic E-state index is 0.702. The van der Waals surface area contributed by atoms with E-state index in [-0.39, 0.29) is 0 Å². The number of anilines is 1.